The van der Waals surface area contributed by atoms with Crippen molar-refractivity contribution in [2.45, 2.75) is 32.8 Å². The molecule has 0 aliphatic heterocycles. The van der Waals surface area contributed by atoms with Crippen LogP contribution >= 0.6 is 0 Å². The molecular weight excluding hydrogens is 260 g/mol. The Kier molecular flexibility index (Phi) is 6.24. The number of hydrogen-bond acceptors (Lipinski definition) is 5. The Hall–Kier alpha value is -1.82. The van der Waals surface area contributed by atoms with Crippen LogP contribution in [0.25, 0.3) is 0 Å². The molecule has 0 saturated heterocycles. The minimum Gasteiger partial charge on any atom is -0.487 e. The van der Waals surface area contributed by atoms with Crippen molar-refractivity contribution in [3.05, 3.63) is 28.3 Å². The van der Waals surface area contributed by atoms with Crippen LogP contribution in [0, 0.1) is 10.1 Å². The van der Waals surface area contributed by atoms with Gasteiger partial charge < -0.3 is 14.7 Å². The molecule has 1 atom stereocenters. The maximum absolute atomic E-state index is 11.3. The quantitative estimate of drug-likeness (QED) is 0.586. The number of para-hydroxylation sites is 1. The van der Waals surface area contributed by atoms with E-state index in [0.29, 0.717) is 31.0 Å². The minimum absolute atomic E-state index is 0.0194. The zero-order chi connectivity index (χ0) is 15.1. The Morgan fingerprint density at radius 2 is 2.20 bits per heavy atom. The SMILES string of the molecule is CCCOc1cccc(N(C)CCC(C)O)c1[N+](=O)[O-]. The summed E-state index contributed by atoms with van der Waals surface area (Å²) >= 11 is 0. The third kappa shape index (κ3) is 4.38. The molecule has 0 spiro atoms. The van der Waals surface area contributed by atoms with Gasteiger partial charge in [0, 0.05) is 13.6 Å². The molecule has 0 fully saturated rings. The molecule has 6 nitrogen and oxygen atoms in total. The molecule has 0 saturated carbocycles. The zero-order valence-electron chi connectivity index (χ0n) is 12.2. The first kappa shape index (κ1) is 16.2. The third-order valence-electron chi connectivity index (χ3n) is 2.92. The van der Waals surface area contributed by atoms with E-state index in [4.69, 9.17) is 4.74 Å². The second-order valence-electron chi connectivity index (χ2n) is 4.79. The number of rotatable bonds is 8. The highest BCUT2D eigenvalue weighted by atomic mass is 16.6. The van der Waals surface area contributed by atoms with Crippen molar-refractivity contribution in [1.29, 1.82) is 0 Å². The molecule has 1 unspecified atom stereocenters. The van der Waals surface area contributed by atoms with Gasteiger partial charge in [0.05, 0.1) is 17.6 Å². The molecule has 0 amide bonds. The standard InChI is InChI=1S/C14H22N2O4/c1-4-10-20-13-7-5-6-12(14(13)16(18)19)15(3)9-8-11(2)17/h5-7,11,17H,4,8-10H2,1-3H3. The average Bonchev–Trinajstić information content (AvgIpc) is 2.41. The first-order valence-corrected chi connectivity index (χ1v) is 6.76. The predicted octanol–water partition coefficient (Wildman–Crippen LogP) is 2.59. The number of aliphatic hydroxyl groups is 1. The monoisotopic (exact) mass is 282 g/mol. The lowest BCUT2D eigenvalue weighted by atomic mass is 10.2. The summed E-state index contributed by atoms with van der Waals surface area (Å²) in [6, 6.07) is 5.05. The van der Waals surface area contributed by atoms with E-state index in [0.717, 1.165) is 6.42 Å². The molecule has 1 N–H and O–H groups in total. The number of ether oxygens (including phenoxy) is 1. The summed E-state index contributed by atoms with van der Waals surface area (Å²) in [7, 11) is 1.77. The Balaban J connectivity index is 3.02. The smallest absolute Gasteiger partial charge is 0.333 e. The molecule has 112 valence electrons. The number of aliphatic hydroxyl groups excluding tert-OH is 1. The van der Waals surface area contributed by atoms with Crippen LogP contribution in [-0.4, -0.2) is 36.3 Å². The van der Waals surface area contributed by atoms with Crippen LogP contribution in [0.5, 0.6) is 5.75 Å². The fourth-order valence-corrected chi connectivity index (χ4v) is 1.83. The molecule has 1 rings (SSSR count). The van der Waals surface area contributed by atoms with Gasteiger partial charge in [-0.25, -0.2) is 0 Å². The van der Waals surface area contributed by atoms with Gasteiger partial charge in [0.15, 0.2) is 5.75 Å². The summed E-state index contributed by atoms with van der Waals surface area (Å²) in [5.41, 5.74) is 0.485. The van der Waals surface area contributed by atoms with E-state index in [1.54, 1.807) is 37.1 Å². The first-order chi connectivity index (χ1) is 9.47. The van der Waals surface area contributed by atoms with Crippen LogP contribution in [0.3, 0.4) is 0 Å². The Bertz CT molecular complexity index is 449. The van der Waals surface area contributed by atoms with E-state index in [2.05, 4.69) is 0 Å². The lowest BCUT2D eigenvalue weighted by molar-refractivity contribution is -0.385. The molecule has 1 aromatic rings. The molecular formula is C14H22N2O4. The lowest BCUT2D eigenvalue weighted by Gasteiger charge is -2.20. The third-order valence-corrected chi connectivity index (χ3v) is 2.92. The molecule has 0 aliphatic rings. The van der Waals surface area contributed by atoms with E-state index in [1.807, 2.05) is 6.92 Å². The molecule has 1 aromatic carbocycles. The fourth-order valence-electron chi connectivity index (χ4n) is 1.83. The number of nitro benzene ring substituents is 1. The van der Waals surface area contributed by atoms with Crippen molar-refractivity contribution in [2.24, 2.45) is 0 Å². The number of hydrogen-bond donors (Lipinski definition) is 1. The van der Waals surface area contributed by atoms with Gasteiger partial charge in [-0.15, -0.1) is 0 Å². The van der Waals surface area contributed by atoms with Gasteiger partial charge in [0.1, 0.15) is 5.69 Å². The molecule has 20 heavy (non-hydrogen) atoms. The van der Waals surface area contributed by atoms with Crippen molar-refractivity contribution in [1.82, 2.24) is 0 Å². The topological polar surface area (TPSA) is 75.8 Å². The summed E-state index contributed by atoms with van der Waals surface area (Å²) in [6.07, 6.45) is 0.906. The van der Waals surface area contributed by atoms with Crippen LogP contribution in [0.4, 0.5) is 11.4 Å². The highest BCUT2D eigenvalue weighted by Crippen LogP contribution is 2.36. The molecule has 0 aliphatic carbocycles. The van der Waals surface area contributed by atoms with Gasteiger partial charge in [0.25, 0.3) is 0 Å². The second-order valence-corrected chi connectivity index (χ2v) is 4.79. The van der Waals surface area contributed by atoms with Gasteiger partial charge in [-0.05, 0) is 31.9 Å². The van der Waals surface area contributed by atoms with Crippen molar-refractivity contribution >= 4 is 11.4 Å². The van der Waals surface area contributed by atoms with E-state index in [1.165, 1.54) is 0 Å². The summed E-state index contributed by atoms with van der Waals surface area (Å²) in [5.74, 6) is 0.290. The van der Waals surface area contributed by atoms with Gasteiger partial charge >= 0.3 is 5.69 Å². The number of benzene rings is 1. The molecule has 0 heterocycles. The van der Waals surface area contributed by atoms with Crippen molar-refractivity contribution < 1.29 is 14.8 Å². The van der Waals surface area contributed by atoms with Crippen molar-refractivity contribution in [2.75, 3.05) is 25.1 Å². The Morgan fingerprint density at radius 3 is 2.75 bits per heavy atom. The zero-order valence-corrected chi connectivity index (χ0v) is 12.2. The second kappa shape index (κ2) is 7.69. The van der Waals surface area contributed by atoms with E-state index in [-0.39, 0.29) is 5.69 Å². The number of anilines is 1. The van der Waals surface area contributed by atoms with E-state index < -0.39 is 11.0 Å². The van der Waals surface area contributed by atoms with Crippen LogP contribution in [0.2, 0.25) is 0 Å². The van der Waals surface area contributed by atoms with Gasteiger partial charge in [0.2, 0.25) is 0 Å². The van der Waals surface area contributed by atoms with Crippen LogP contribution in [0.1, 0.15) is 26.7 Å². The van der Waals surface area contributed by atoms with E-state index in [9.17, 15) is 15.2 Å². The highest BCUT2D eigenvalue weighted by Gasteiger charge is 2.23. The van der Waals surface area contributed by atoms with Gasteiger partial charge in [-0.2, -0.15) is 0 Å². The summed E-state index contributed by atoms with van der Waals surface area (Å²) in [6.45, 7) is 4.63. The van der Waals surface area contributed by atoms with Crippen LogP contribution in [0.15, 0.2) is 18.2 Å². The van der Waals surface area contributed by atoms with Gasteiger partial charge in [-0.1, -0.05) is 13.0 Å². The molecule has 6 heteroatoms. The summed E-state index contributed by atoms with van der Waals surface area (Å²) in [5, 5.41) is 20.6. The maximum atomic E-state index is 11.3. The van der Waals surface area contributed by atoms with Gasteiger partial charge in [-0.3, -0.25) is 10.1 Å². The molecule has 0 aromatic heterocycles. The van der Waals surface area contributed by atoms with Crippen molar-refractivity contribution in [3.63, 3.8) is 0 Å². The molecule has 0 radical (unpaired) electrons. The molecule has 0 bridgehead atoms. The number of nitrogens with zero attached hydrogens (tertiary/aromatic N) is 2. The number of nitro groups is 1. The van der Waals surface area contributed by atoms with Crippen LogP contribution in [-0.2, 0) is 0 Å². The largest absolute Gasteiger partial charge is 0.487 e. The summed E-state index contributed by atoms with van der Waals surface area (Å²) < 4.78 is 5.45. The average molecular weight is 282 g/mol. The Morgan fingerprint density at radius 1 is 1.50 bits per heavy atom. The lowest BCUT2D eigenvalue weighted by Crippen LogP contribution is -2.22. The van der Waals surface area contributed by atoms with Crippen molar-refractivity contribution in [3.8, 4) is 5.75 Å². The van der Waals surface area contributed by atoms with E-state index >= 15 is 0 Å². The predicted molar refractivity (Wildman–Crippen MR) is 78.5 cm³/mol. The Labute approximate surface area is 119 Å². The maximum Gasteiger partial charge on any atom is 0.333 e. The minimum atomic E-state index is -0.434. The fraction of sp³-hybridized carbons (Fsp3) is 0.571. The summed E-state index contributed by atoms with van der Waals surface area (Å²) in [4.78, 5) is 12.6. The first-order valence-electron chi connectivity index (χ1n) is 6.76. The normalized spacial score (nSPS) is 12.0. The van der Waals surface area contributed by atoms with Crippen LogP contribution < -0.4 is 9.64 Å². The highest BCUT2D eigenvalue weighted by molar-refractivity contribution is 5.69.